The molecule has 0 bridgehead atoms. The summed E-state index contributed by atoms with van der Waals surface area (Å²) < 4.78 is 0. The predicted molar refractivity (Wildman–Crippen MR) is 81.2 cm³/mol. The van der Waals surface area contributed by atoms with Crippen molar-refractivity contribution in [3.63, 3.8) is 0 Å². The minimum absolute atomic E-state index is 0.0490. The summed E-state index contributed by atoms with van der Waals surface area (Å²) in [5.74, 6) is -0.350. The van der Waals surface area contributed by atoms with Crippen molar-refractivity contribution in [1.82, 2.24) is 5.32 Å². The summed E-state index contributed by atoms with van der Waals surface area (Å²) in [5.41, 5.74) is 0. The summed E-state index contributed by atoms with van der Waals surface area (Å²) in [6, 6.07) is 7.32. The number of carbonyl (C=O) groups is 2. The number of aliphatic carboxylic acids is 1. The molecular weight excluding hydrogens is 298 g/mol. The van der Waals surface area contributed by atoms with Gasteiger partial charge in [0.25, 0.3) is 0 Å². The first-order valence-electron chi connectivity index (χ1n) is 6.34. The smallest absolute Gasteiger partial charge is 0.303 e. The molecule has 0 saturated carbocycles. The third-order valence-corrected chi connectivity index (χ3v) is 3.95. The summed E-state index contributed by atoms with van der Waals surface area (Å²) in [6.45, 7) is 2.43. The molecule has 0 heterocycles. The van der Waals surface area contributed by atoms with E-state index in [1.54, 1.807) is 12.1 Å². The molecule has 0 fully saturated rings. The molecule has 2 N–H and O–H groups in total. The van der Waals surface area contributed by atoms with E-state index in [2.05, 4.69) is 5.32 Å². The van der Waals surface area contributed by atoms with Gasteiger partial charge in [-0.25, -0.2) is 0 Å². The zero-order valence-corrected chi connectivity index (χ0v) is 12.8. The lowest BCUT2D eigenvalue weighted by atomic mass is 10.1. The molecule has 1 unspecified atom stereocenters. The highest BCUT2D eigenvalue weighted by Gasteiger charge is 2.08. The van der Waals surface area contributed by atoms with Gasteiger partial charge in [0.05, 0.1) is 5.75 Å². The number of halogens is 1. The predicted octanol–water partition coefficient (Wildman–Crippen LogP) is 3.05. The number of hydrogen-bond acceptors (Lipinski definition) is 3. The number of hydrogen-bond donors (Lipinski definition) is 2. The second-order valence-electron chi connectivity index (χ2n) is 4.58. The molecule has 0 radical (unpaired) electrons. The Morgan fingerprint density at radius 3 is 2.60 bits per heavy atom. The van der Waals surface area contributed by atoms with Crippen LogP contribution in [0.25, 0.3) is 0 Å². The number of carboxylic acid groups (broad SMARTS) is 1. The molecule has 6 heteroatoms. The van der Waals surface area contributed by atoms with Crippen molar-refractivity contribution in [3.05, 3.63) is 29.3 Å². The van der Waals surface area contributed by atoms with Gasteiger partial charge in [0.1, 0.15) is 0 Å². The lowest BCUT2D eigenvalue weighted by Gasteiger charge is -2.11. The van der Waals surface area contributed by atoms with Gasteiger partial charge in [0, 0.05) is 22.9 Å². The fourth-order valence-corrected chi connectivity index (χ4v) is 2.35. The second-order valence-corrected chi connectivity index (χ2v) is 6.07. The average Bonchev–Trinajstić information content (AvgIpc) is 2.42. The average molecular weight is 316 g/mol. The van der Waals surface area contributed by atoms with E-state index in [0.29, 0.717) is 23.7 Å². The molecule has 110 valence electrons. The molecule has 1 rings (SSSR count). The number of rotatable bonds is 8. The largest absolute Gasteiger partial charge is 0.481 e. The Bertz CT molecular complexity index is 450. The Balaban J connectivity index is 2.20. The second kappa shape index (κ2) is 8.87. The third-order valence-electron chi connectivity index (χ3n) is 2.68. The van der Waals surface area contributed by atoms with Crippen LogP contribution < -0.4 is 5.32 Å². The van der Waals surface area contributed by atoms with Crippen molar-refractivity contribution < 1.29 is 14.7 Å². The van der Waals surface area contributed by atoms with Crippen molar-refractivity contribution in [2.24, 2.45) is 5.92 Å². The minimum Gasteiger partial charge on any atom is -0.481 e. The van der Waals surface area contributed by atoms with Gasteiger partial charge in [-0.1, -0.05) is 18.5 Å². The standard InChI is InChI=1S/C14H18ClNO3S/c1-10(2-7-14(18)19)8-16-13(17)9-20-12-5-3-11(15)4-6-12/h3-6,10H,2,7-9H2,1H3,(H,16,17)(H,18,19). The topological polar surface area (TPSA) is 66.4 Å². The quantitative estimate of drug-likeness (QED) is 0.724. The maximum absolute atomic E-state index is 11.7. The first kappa shape index (κ1) is 16.9. The van der Waals surface area contributed by atoms with Gasteiger partial charge in [-0.3, -0.25) is 9.59 Å². The van der Waals surface area contributed by atoms with Crippen LogP contribution in [-0.4, -0.2) is 29.3 Å². The van der Waals surface area contributed by atoms with Crippen molar-refractivity contribution in [2.45, 2.75) is 24.7 Å². The molecule has 20 heavy (non-hydrogen) atoms. The Morgan fingerprint density at radius 2 is 2.00 bits per heavy atom. The van der Waals surface area contributed by atoms with Crippen LogP contribution in [0.15, 0.2) is 29.2 Å². The van der Waals surface area contributed by atoms with Crippen LogP contribution in [-0.2, 0) is 9.59 Å². The maximum atomic E-state index is 11.7. The number of carbonyl (C=O) groups excluding carboxylic acids is 1. The molecule has 1 amide bonds. The fourth-order valence-electron chi connectivity index (χ4n) is 1.49. The summed E-state index contributed by atoms with van der Waals surface area (Å²) in [4.78, 5) is 23.1. The van der Waals surface area contributed by atoms with Crippen LogP contribution in [0, 0.1) is 5.92 Å². The van der Waals surface area contributed by atoms with Gasteiger partial charge >= 0.3 is 5.97 Å². The van der Waals surface area contributed by atoms with Crippen LogP contribution in [0.2, 0.25) is 5.02 Å². The molecule has 0 saturated heterocycles. The number of thioether (sulfide) groups is 1. The van der Waals surface area contributed by atoms with Gasteiger partial charge in [0.2, 0.25) is 5.91 Å². The maximum Gasteiger partial charge on any atom is 0.303 e. The van der Waals surface area contributed by atoms with Gasteiger partial charge in [-0.2, -0.15) is 0 Å². The van der Waals surface area contributed by atoms with Gasteiger partial charge < -0.3 is 10.4 Å². The van der Waals surface area contributed by atoms with Gasteiger partial charge in [-0.15, -0.1) is 11.8 Å². The molecule has 1 atom stereocenters. The van der Waals surface area contributed by atoms with E-state index in [4.69, 9.17) is 16.7 Å². The molecule has 0 spiro atoms. The highest BCUT2D eigenvalue weighted by molar-refractivity contribution is 8.00. The lowest BCUT2D eigenvalue weighted by molar-refractivity contribution is -0.137. The van der Waals surface area contributed by atoms with Crippen LogP contribution in [0.3, 0.4) is 0 Å². The van der Waals surface area contributed by atoms with E-state index in [9.17, 15) is 9.59 Å². The summed E-state index contributed by atoms with van der Waals surface area (Å²) >= 11 is 7.22. The van der Waals surface area contributed by atoms with Crippen molar-refractivity contribution in [2.75, 3.05) is 12.3 Å². The van der Waals surface area contributed by atoms with Crippen LogP contribution in [0.5, 0.6) is 0 Å². The van der Waals surface area contributed by atoms with Crippen LogP contribution in [0.1, 0.15) is 19.8 Å². The zero-order valence-electron chi connectivity index (χ0n) is 11.3. The summed E-state index contributed by atoms with van der Waals surface area (Å²) in [7, 11) is 0. The molecule has 1 aromatic carbocycles. The number of amides is 1. The first-order valence-corrected chi connectivity index (χ1v) is 7.70. The Morgan fingerprint density at radius 1 is 1.35 bits per heavy atom. The van der Waals surface area contributed by atoms with Gasteiger partial charge in [-0.05, 0) is 36.6 Å². The fraction of sp³-hybridized carbons (Fsp3) is 0.429. The molecule has 0 aliphatic rings. The van der Waals surface area contributed by atoms with Crippen LogP contribution in [0.4, 0.5) is 0 Å². The molecular formula is C14H18ClNO3S. The van der Waals surface area contributed by atoms with E-state index in [1.807, 2.05) is 19.1 Å². The Kier molecular flexibility index (Phi) is 7.47. The third kappa shape index (κ3) is 7.40. The van der Waals surface area contributed by atoms with Crippen molar-refractivity contribution in [3.8, 4) is 0 Å². The summed E-state index contributed by atoms with van der Waals surface area (Å²) in [5, 5.41) is 12.1. The lowest BCUT2D eigenvalue weighted by Crippen LogP contribution is -2.29. The molecule has 0 aromatic heterocycles. The summed E-state index contributed by atoms with van der Waals surface area (Å²) in [6.07, 6.45) is 0.705. The number of carboxylic acids is 1. The molecule has 1 aromatic rings. The van der Waals surface area contributed by atoms with Gasteiger partial charge in [0.15, 0.2) is 0 Å². The molecule has 0 aliphatic carbocycles. The van der Waals surface area contributed by atoms with Crippen LogP contribution >= 0.6 is 23.4 Å². The number of nitrogens with one attached hydrogen (secondary N) is 1. The van der Waals surface area contributed by atoms with E-state index in [-0.39, 0.29) is 18.2 Å². The van der Waals surface area contributed by atoms with E-state index in [1.165, 1.54) is 11.8 Å². The van der Waals surface area contributed by atoms with E-state index < -0.39 is 5.97 Å². The zero-order chi connectivity index (χ0) is 15.0. The SMILES string of the molecule is CC(CCC(=O)O)CNC(=O)CSc1ccc(Cl)cc1. The Hall–Kier alpha value is -1.20. The van der Waals surface area contributed by atoms with E-state index in [0.717, 1.165) is 4.90 Å². The molecule has 4 nitrogen and oxygen atoms in total. The monoisotopic (exact) mass is 315 g/mol. The Labute approximate surface area is 127 Å². The normalized spacial score (nSPS) is 11.9. The first-order chi connectivity index (χ1) is 9.47. The van der Waals surface area contributed by atoms with Crippen molar-refractivity contribution in [1.29, 1.82) is 0 Å². The van der Waals surface area contributed by atoms with E-state index >= 15 is 0 Å². The molecule has 0 aliphatic heterocycles. The number of benzene rings is 1. The highest BCUT2D eigenvalue weighted by Crippen LogP contribution is 2.19. The van der Waals surface area contributed by atoms with Crippen molar-refractivity contribution >= 4 is 35.2 Å². The minimum atomic E-state index is -0.804. The highest BCUT2D eigenvalue weighted by atomic mass is 35.5.